The minimum Gasteiger partial charge on any atom is -0.107 e. The van der Waals surface area contributed by atoms with E-state index < -0.39 is 0 Å². The monoisotopic (exact) mass is 186 g/mol. The van der Waals surface area contributed by atoms with Crippen LogP contribution in [0.1, 0.15) is 63.8 Å². The van der Waals surface area contributed by atoms with E-state index in [2.05, 4.69) is 39.5 Å². The Kier molecular flexibility index (Phi) is 51.0. The van der Waals surface area contributed by atoms with E-state index in [4.69, 9.17) is 0 Å². The molecule has 0 spiro atoms. The van der Waals surface area contributed by atoms with Gasteiger partial charge in [0.15, 0.2) is 0 Å². The number of hydrogen-bond donors (Lipinski definition) is 0. The smallest absolute Gasteiger partial charge is 0.00271 e. The maximum Gasteiger partial charge on any atom is -0.00271 e. The highest BCUT2D eigenvalue weighted by molar-refractivity contribution is 5.02. The molecular weight excluding hydrogens is 156 g/mol. The first-order chi connectivity index (χ1) is 4.56. The predicted octanol–water partition coefficient (Wildman–Crippen LogP) is 5.30. The van der Waals surface area contributed by atoms with E-state index in [0.717, 1.165) is 0 Å². The van der Waals surface area contributed by atoms with Gasteiger partial charge in [0.2, 0.25) is 0 Å². The lowest BCUT2D eigenvalue weighted by Gasteiger charge is -1.88. The van der Waals surface area contributed by atoms with Crippen molar-refractivity contribution in [2.45, 2.75) is 63.8 Å². The Bertz CT molecular complexity index is 127. The summed E-state index contributed by atoms with van der Waals surface area (Å²) in [5, 5.41) is 0. The van der Waals surface area contributed by atoms with Crippen molar-refractivity contribution in [1.82, 2.24) is 0 Å². The van der Waals surface area contributed by atoms with Gasteiger partial charge in [0.25, 0.3) is 0 Å². The first-order valence-electron chi connectivity index (χ1n) is 3.50. The third kappa shape index (κ3) is 52.9. The zero-order valence-corrected chi connectivity index (χ0v) is 8.00. The van der Waals surface area contributed by atoms with Gasteiger partial charge in [-0.2, -0.15) is 0 Å². The minimum atomic E-state index is 0. The molecule has 0 fully saturated rings. The summed E-state index contributed by atoms with van der Waals surface area (Å²) in [6.45, 7) is 12.1. The molecule has 0 rings (SSSR count). The Morgan fingerprint density at radius 1 is 0.615 bits per heavy atom. The van der Waals surface area contributed by atoms with Crippen LogP contribution in [0.25, 0.3) is 0 Å². The Labute approximate surface area is 87.5 Å². The third-order valence-corrected chi connectivity index (χ3v) is 1.25. The summed E-state index contributed by atoms with van der Waals surface area (Å²) < 4.78 is 0. The van der Waals surface area contributed by atoms with Crippen molar-refractivity contribution in [2.24, 2.45) is 0 Å². The SMILES string of the molecule is C.C.C.CC#CC.CC(C)=C(C)C. The van der Waals surface area contributed by atoms with Gasteiger partial charge in [-0.05, 0) is 41.5 Å². The van der Waals surface area contributed by atoms with E-state index >= 15 is 0 Å². The van der Waals surface area contributed by atoms with E-state index in [1.54, 1.807) is 0 Å². The molecule has 0 radical (unpaired) electrons. The second kappa shape index (κ2) is 22.5. The van der Waals surface area contributed by atoms with Crippen molar-refractivity contribution in [1.29, 1.82) is 0 Å². The lowest BCUT2D eigenvalue weighted by atomic mass is 10.2. The fourth-order valence-corrected chi connectivity index (χ4v) is 0. The molecule has 0 bridgehead atoms. The van der Waals surface area contributed by atoms with E-state index in [1.165, 1.54) is 11.1 Å². The molecule has 0 saturated carbocycles. The van der Waals surface area contributed by atoms with Crippen molar-refractivity contribution in [3.05, 3.63) is 11.1 Å². The van der Waals surface area contributed by atoms with Crippen LogP contribution in [0.15, 0.2) is 11.1 Å². The molecule has 82 valence electrons. The average Bonchev–Trinajstić information content (AvgIpc) is 1.89. The van der Waals surface area contributed by atoms with Crippen LogP contribution in [0.5, 0.6) is 0 Å². The number of rotatable bonds is 0. The van der Waals surface area contributed by atoms with Gasteiger partial charge >= 0.3 is 0 Å². The molecule has 0 aliphatic carbocycles. The largest absolute Gasteiger partial charge is 0.107 e. The molecule has 0 aromatic heterocycles. The van der Waals surface area contributed by atoms with Crippen LogP contribution in [-0.4, -0.2) is 0 Å². The van der Waals surface area contributed by atoms with Crippen molar-refractivity contribution in [2.75, 3.05) is 0 Å². The molecule has 0 atom stereocenters. The molecule has 0 aromatic carbocycles. The topological polar surface area (TPSA) is 0 Å². The summed E-state index contributed by atoms with van der Waals surface area (Å²) in [6.07, 6.45) is 0. The standard InChI is InChI=1S/C6H12.C4H6.3CH4/c1-5(2)6(3)4;1-3-4-2;;;/h1-4H3;1-2H3;3*1H4. The third-order valence-electron chi connectivity index (χ3n) is 1.25. The maximum atomic E-state index is 2.68. The molecule has 0 N–H and O–H groups in total. The molecule has 0 saturated heterocycles. The zero-order chi connectivity index (χ0) is 8.57. The summed E-state index contributed by atoms with van der Waals surface area (Å²) >= 11 is 0. The van der Waals surface area contributed by atoms with Crippen LogP contribution in [0.2, 0.25) is 0 Å². The van der Waals surface area contributed by atoms with Crippen molar-refractivity contribution >= 4 is 0 Å². The van der Waals surface area contributed by atoms with E-state index in [1.807, 2.05) is 13.8 Å². The molecule has 0 aliphatic heterocycles. The molecule has 0 heteroatoms. The van der Waals surface area contributed by atoms with E-state index in [-0.39, 0.29) is 22.3 Å². The normalized spacial score (nSPS) is 4.77. The van der Waals surface area contributed by atoms with Crippen LogP contribution < -0.4 is 0 Å². The van der Waals surface area contributed by atoms with E-state index in [9.17, 15) is 0 Å². The van der Waals surface area contributed by atoms with E-state index in [0.29, 0.717) is 0 Å². The molecule has 0 nitrogen and oxygen atoms in total. The Morgan fingerprint density at radius 3 is 0.769 bits per heavy atom. The first kappa shape index (κ1) is 29.5. The molecule has 0 amide bonds. The Balaban J connectivity index is -0.0000000279. The Hall–Kier alpha value is -0.700. The van der Waals surface area contributed by atoms with Crippen molar-refractivity contribution in [3.8, 4) is 11.8 Å². The lowest BCUT2D eigenvalue weighted by molar-refractivity contribution is 1.23. The summed E-state index contributed by atoms with van der Waals surface area (Å²) in [4.78, 5) is 0. The quantitative estimate of drug-likeness (QED) is 0.356. The van der Waals surface area contributed by atoms with Crippen LogP contribution >= 0.6 is 0 Å². The zero-order valence-electron chi connectivity index (χ0n) is 8.00. The van der Waals surface area contributed by atoms with Crippen molar-refractivity contribution < 1.29 is 0 Å². The van der Waals surface area contributed by atoms with Gasteiger partial charge in [0, 0.05) is 0 Å². The highest BCUT2D eigenvalue weighted by atomic mass is 13.8. The van der Waals surface area contributed by atoms with Gasteiger partial charge in [0.1, 0.15) is 0 Å². The van der Waals surface area contributed by atoms with Gasteiger partial charge in [0.05, 0.1) is 0 Å². The van der Waals surface area contributed by atoms with Crippen LogP contribution in [-0.2, 0) is 0 Å². The van der Waals surface area contributed by atoms with Crippen LogP contribution in [0, 0.1) is 11.8 Å². The van der Waals surface area contributed by atoms with Gasteiger partial charge < -0.3 is 0 Å². The average molecular weight is 186 g/mol. The summed E-state index contributed by atoms with van der Waals surface area (Å²) in [7, 11) is 0. The first-order valence-corrected chi connectivity index (χ1v) is 3.50. The number of allylic oxidation sites excluding steroid dienone is 2. The molecule has 0 unspecified atom stereocenters. The van der Waals surface area contributed by atoms with Crippen LogP contribution in [0.4, 0.5) is 0 Å². The van der Waals surface area contributed by atoms with Gasteiger partial charge in [-0.15, -0.1) is 11.8 Å². The van der Waals surface area contributed by atoms with Crippen LogP contribution in [0.3, 0.4) is 0 Å². The molecular formula is C13H30. The maximum absolute atomic E-state index is 2.68. The summed E-state index contributed by atoms with van der Waals surface area (Å²) in [5.74, 6) is 5.36. The molecule has 0 aliphatic rings. The van der Waals surface area contributed by atoms with Gasteiger partial charge in [-0.25, -0.2) is 0 Å². The number of hydrogen-bond acceptors (Lipinski definition) is 0. The minimum absolute atomic E-state index is 0. The summed E-state index contributed by atoms with van der Waals surface area (Å²) in [5.41, 5.74) is 2.85. The lowest BCUT2D eigenvalue weighted by Crippen LogP contribution is -1.66. The highest BCUT2D eigenvalue weighted by Gasteiger charge is 1.75. The molecule has 0 heterocycles. The Morgan fingerprint density at radius 2 is 0.769 bits per heavy atom. The van der Waals surface area contributed by atoms with Crippen molar-refractivity contribution in [3.63, 3.8) is 0 Å². The summed E-state index contributed by atoms with van der Waals surface area (Å²) in [6, 6.07) is 0. The highest BCUT2D eigenvalue weighted by Crippen LogP contribution is 1.96. The second-order valence-corrected chi connectivity index (χ2v) is 2.50. The fraction of sp³-hybridized carbons (Fsp3) is 0.692. The predicted molar refractivity (Wildman–Crippen MR) is 69.0 cm³/mol. The van der Waals surface area contributed by atoms with Gasteiger partial charge in [-0.1, -0.05) is 33.4 Å². The second-order valence-electron chi connectivity index (χ2n) is 2.50. The van der Waals surface area contributed by atoms with Gasteiger partial charge in [-0.3, -0.25) is 0 Å². The molecule has 0 aromatic rings. The fourth-order valence-electron chi connectivity index (χ4n) is 0. The molecule has 13 heavy (non-hydrogen) atoms.